The lowest BCUT2D eigenvalue weighted by atomic mass is 10.0. The number of aromatic nitrogens is 3. The molecule has 0 aliphatic rings. The summed E-state index contributed by atoms with van der Waals surface area (Å²) in [6, 6.07) is 63.4. The second-order valence-electron chi connectivity index (χ2n) is 11.2. The summed E-state index contributed by atoms with van der Waals surface area (Å²) in [5, 5.41) is 11.8. The molecule has 4 nitrogen and oxygen atoms in total. The number of hydrogen-bond acceptors (Lipinski definition) is 3. The number of hydrogen-bond donors (Lipinski definition) is 0. The lowest BCUT2D eigenvalue weighted by Crippen LogP contribution is -2.09. The minimum absolute atomic E-state index is 0.801. The van der Waals surface area contributed by atoms with Gasteiger partial charge in [-0.25, -0.2) is 0 Å². The minimum atomic E-state index is 0.801. The van der Waals surface area contributed by atoms with Crippen molar-refractivity contribution in [3.8, 4) is 39.6 Å². The molecule has 4 heteroatoms. The quantitative estimate of drug-likeness (QED) is 0.185. The predicted molar refractivity (Wildman–Crippen MR) is 190 cm³/mol. The molecule has 0 bridgehead atoms. The molecule has 8 rings (SSSR count). The van der Waals surface area contributed by atoms with E-state index in [9.17, 15) is 0 Å². The molecule has 0 radical (unpaired) electrons. The fourth-order valence-electron chi connectivity index (χ4n) is 6.11. The third-order valence-electron chi connectivity index (χ3n) is 8.31. The molecule has 1 aromatic heterocycles. The Morgan fingerprint density at radius 3 is 1.52 bits per heavy atom. The monoisotopic (exact) mass is 590 g/mol. The molecule has 0 saturated heterocycles. The molecule has 0 unspecified atom stereocenters. The third kappa shape index (κ3) is 5.12. The molecule has 218 valence electrons. The second kappa shape index (κ2) is 12.0. The first-order chi connectivity index (χ1) is 22.8. The summed E-state index contributed by atoms with van der Waals surface area (Å²) in [7, 11) is 0. The van der Waals surface area contributed by atoms with Gasteiger partial charge in [-0.15, -0.1) is 10.2 Å². The van der Waals surface area contributed by atoms with E-state index in [1.165, 1.54) is 5.39 Å². The van der Waals surface area contributed by atoms with Gasteiger partial charge in [-0.05, 0) is 59.0 Å². The molecule has 7 aromatic carbocycles. The van der Waals surface area contributed by atoms with Crippen molar-refractivity contribution in [2.75, 3.05) is 4.90 Å². The highest BCUT2D eigenvalue weighted by Gasteiger charge is 2.19. The number of para-hydroxylation sites is 2. The van der Waals surface area contributed by atoms with Crippen molar-refractivity contribution in [2.45, 2.75) is 0 Å². The fraction of sp³-hybridized carbons (Fsp3) is 0. The molecule has 0 N–H and O–H groups in total. The summed E-state index contributed by atoms with van der Waals surface area (Å²) in [4.78, 5) is 2.29. The average molecular weight is 591 g/mol. The van der Waals surface area contributed by atoms with E-state index in [1.54, 1.807) is 0 Å². The molecule has 0 spiro atoms. The van der Waals surface area contributed by atoms with E-state index in [1.807, 2.05) is 18.2 Å². The first kappa shape index (κ1) is 27.3. The lowest BCUT2D eigenvalue weighted by Gasteiger charge is -2.25. The van der Waals surface area contributed by atoms with E-state index in [0.717, 1.165) is 62.0 Å². The van der Waals surface area contributed by atoms with Crippen LogP contribution in [0.1, 0.15) is 0 Å². The van der Waals surface area contributed by atoms with Gasteiger partial charge in [-0.3, -0.25) is 4.57 Å². The number of fused-ring (bicyclic) bond motifs is 1. The minimum Gasteiger partial charge on any atom is -0.310 e. The van der Waals surface area contributed by atoms with Crippen LogP contribution < -0.4 is 4.90 Å². The molecule has 0 saturated carbocycles. The van der Waals surface area contributed by atoms with Crippen LogP contribution in [0.3, 0.4) is 0 Å². The lowest BCUT2D eigenvalue weighted by molar-refractivity contribution is 1.08. The summed E-state index contributed by atoms with van der Waals surface area (Å²) < 4.78 is 2.19. The third-order valence-corrected chi connectivity index (χ3v) is 8.31. The summed E-state index contributed by atoms with van der Waals surface area (Å²) in [5.41, 5.74) is 8.67. The molecule has 8 aromatic rings. The molecule has 0 fully saturated rings. The van der Waals surface area contributed by atoms with Crippen LogP contribution in [0, 0.1) is 0 Å². The van der Waals surface area contributed by atoms with Crippen molar-refractivity contribution >= 4 is 27.8 Å². The van der Waals surface area contributed by atoms with Gasteiger partial charge in [-0.1, -0.05) is 140 Å². The fourth-order valence-corrected chi connectivity index (χ4v) is 6.11. The topological polar surface area (TPSA) is 34.0 Å². The smallest absolute Gasteiger partial charge is 0.168 e. The van der Waals surface area contributed by atoms with Crippen molar-refractivity contribution in [1.82, 2.24) is 14.8 Å². The van der Waals surface area contributed by atoms with Crippen LogP contribution >= 0.6 is 0 Å². The van der Waals surface area contributed by atoms with E-state index in [2.05, 4.69) is 173 Å². The van der Waals surface area contributed by atoms with Gasteiger partial charge in [0, 0.05) is 33.6 Å². The van der Waals surface area contributed by atoms with Crippen LogP contribution in [0.4, 0.5) is 17.1 Å². The second-order valence-corrected chi connectivity index (χ2v) is 11.2. The Bertz CT molecular complexity index is 2200. The van der Waals surface area contributed by atoms with Crippen LogP contribution in [0.15, 0.2) is 182 Å². The standard InChI is InChI=1S/C42H30N4/c1-4-15-33(16-5-1)41-43-44-42(46(41)40-25-13-17-32-14-10-11-24-39(32)40)34-28-26-31(27-29-34)35-18-12-23-38(30-35)45(36-19-6-2-7-20-36)37-21-8-3-9-22-37/h1-30H. The Morgan fingerprint density at radius 1 is 0.370 bits per heavy atom. The summed E-state index contributed by atoms with van der Waals surface area (Å²) in [6.07, 6.45) is 0. The van der Waals surface area contributed by atoms with E-state index in [-0.39, 0.29) is 0 Å². The first-order valence-corrected chi connectivity index (χ1v) is 15.4. The van der Waals surface area contributed by atoms with Gasteiger partial charge in [0.2, 0.25) is 0 Å². The zero-order valence-electron chi connectivity index (χ0n) is 25.1. The van der Waals surface area contributed by atoms with Gasteiger partial charge in [0.15, 0.2) is 11.6 Å². The molecule has 1 heterocycles. The normalized spacial score (nSPS) is 11.0. The predicted octanol–water partition coefficient (Wildman–Crippen LogP) is 10.9. The highest BCUT2D eigenvalue weighted by Crippen LogP contribution is 2.37. The van der Waals surface area contributed by atoms with Crippen molar-refractivity contribution in [2.24, 2.45) is 0 Å². The van der Waals surface area contributed by atoms with Gasteiger partial charge in [0.1, 0.15) is 0 Å². The number of benzene rings is 7. The molecule has 0 amide bonds. The molecular weight excluding hydrogens is 560 g/mol. The molecule has 0 atom stereocenters. The Morgan fingerprint density at radius 2 is 0.848 bits per heavy atom. The van der Waals surface area contributed by atoms with Crippen LogP contribution in [-0.2, 0) is 0 Å². The first-order valence-electron chi connectivity index (χ1n) is 15.4. The van der Waals surface area contributed by atoms with Crippen molar-refractivity contribution < 1.29 is 0 Å². The van der Waals surface area contributed by atoms with Gasteiger partial charge < -0.3 is 4.90 Å². The zero-order valence-corrected chi connectivity index (χ0v) is 25.1. The van der Waals surface area contributed by atoms with E-state index < -0.39 is 0 Å². The number of rotatable bonds is 7. The van der Waals surface area contributed by atoms with Crippen molar-refractivity contribution in [3.63, 3.8) is 0 Å². The van der Waals surface area contributed by atoms with Crippen LogP contribution in [0.5, 0.6) is 0 Å². The highest BCUT2D eigenvalue weighted by atomic mass is 15.3. The van der Waals surface area contributed by atoms with Crippen LogP contribution in [-0.4, -0.2) is 14.8 Å². The molecule has 46 heavy (non-hydrogen) atoms. The van der Waals surface area contributed by atoms with Crippen LogP contribution in [0.2, 0.25) is 0 Å². The maximum Gasteiger partial charge on any atom is 0.168 e. The largest absolute Gasteiger partial charge is 0.310 e. The molecule has 0 aliphatic carbocycles. The van der Waals surface area contributed by atoms with E-state index in [4.69, 9.17) is 10.2 Å². The van der Waals surface area contributed by atoms with Gasteiger partial charge in [0.05, 0.1) is 5.69 Å². The Labute approximate surface area is 268 Å². The maximum absolute atomic E-state index is 4.76. The summed E-state index contributed by atoms with van der Waals surface area (Å²) in [5.74, 6) is 1.61. The Kier molecular flexibility index (Phi) is 7.14. The average Bonchev–Trinajstić information content (AvgIpc) is 3.58. The Balaban J connectivity index is 1.21. The van der Waals surface area contributed by atoms with E-state index in [0.29, 0.717) is 0 Å². The Hall–Kier alpha value is -6.26. The molecule has 0 aliphatic heterocycles. The molecular formula is C42H30N4. The summed E-state index contributed by atoms with van der Waals surface area (Å²) >= 11 is 0. The summed E-state index contributed by atoms with van der Waals surface area (Å²) in [6.45, 7) is 0. The highest BCUT2D eigenvalue weighted by molar-refractivity contribution is 5.91. The maximum atomic E-state index is 4.76. The van der Waals surface area contributed by atoms with Crippen molar-refractivity contribution in [3.05, 3.63) is 182 Å². The number of nitrogens with zero attached hydrogens (tertiary/aromatic N) is 4. The van der Waals surface area contributed by atoms with Gasteiger partial charge >= 0.3 is 0 Å². The van der Waals surface area contributed by atoms with Gasteiger partial charge in [-0.2, -0.15) is 0 Å². The SMILES string of the molecule is c1ccc(-c2nnc(-c3ccc(-c4cccc(N(c5ccccc5)c5ccccc5)c4)cc3)n2-c2cccc3ccccc23)cc1. The van der Waals surface area contributed by atoms with Gasteiger partial charge in [0.25, 0.3) is 0 Å². The zero-order chi connectivity index (χ0) is 30.7. The number of anilines is 3. The van der Waals surface area contributed by atoms with E-state index >= 15 is 0 Å². The van der Waals surface area contributed by atoms with Crippen molar-refractivity contribution in [1.29, 1.82) is 0 Å². The van der Waals surface area contributed by atoms with Crippen LogP contribution in [0.25, 0.3) is 50.4 Å².